The van der Waals surface area contributed by atoms with Gasteiger partial charge >= 0.3 is 6.09 Å². The molecule has 0 saturated carbocycles. The van der Waals surface area contributed by atoms with Crippen LogP contribution in [-0.2, 0) is 10.3 Å². The Labute approximate surface area is 174 Å². The van der Waals surface area contributed by atoms with Crippen LogP contribution in [0.15, 0.2) is 42.5 Å². The second-order valence-corrected chi connectivity index (χ2v) is 8.01. The predicted octanol–water partition coefficient (Wildman–Crippen LogP) is 3.87. The average molecular weight is 419 g/mol. The Morgan fingerprint density at radius 1 is 1.23 bits per heavy atom. The molecule has 30 heavy (non-hydrogen) atoms. The summed E-state index contributed by atoms with van der Waals surface area (Å²) in [5.41, 5.74) is -1.26. The van der Waals surface area contributed by atoms with E-state index in [4.69, 9.17) is 4.74 Å². The third-order valence-corrected chi connectivity index (χ3v) is 4.32. The van der Waals surface area contributed by atoms with E-state index in [1.54, 1.807) is 39.8 Å². The van der Waals surface area contributed by atoms with E-state index in [0.717, 1.165) is 0 Å². The Morgan fingerprint density at radius 3 is 2.50 bits per heavy atom. The fraction of sp³-hybridized carbons (Fsp3) is 0.381. The number of aliphatic hydroxyl groups is 1. The second-order valence-electron chi connectivity index (χ2n) is 8.01. The minimum atomic E-state index is -1.50. The van der Waals surface area contributed by atoms with E-state index < -0.39 is 34.6 Å². The molecule has 2 aromatic rings. The molecule has 1 amide bonds. The number of nitrogens with zero attached hydrogens (tertiary/aromatic N) is 1. The smallest absolute Gasteiger partial charge is 0.408 e. The largest absolute Gasteiger partial charge is 0.444 e. The van der Waals surface area contributed by atoms with Crippen LogP contribution < -0.4 is 10.6 Å². The lowest BCUT2D eigenvalue weighted by Gasteiger charge is -2.35. The summed E-state index contributed by atoms with van der Waals surface area (Å²) >= 11 is 0. The molecule has 3 N–H and O–H groups in total. The van der Waals surface area contributed by atoms with Gasteiger partial charge in [0.25, 0.3) is 5.69 Å². The molecule has 0 radical (unpaired) electrons. The molecule has 0 aliphatic heterocycles. The van der Waals surface area contributed by atoms with E-state index in [0.29, 0.717) is 5.56 Å². The average Bonchev–Trinajstić information content (AvgIpc) is 2.64. The summed E-state index contributed by atoms with van der Waals surface area (Å²) < 4.78 is 19.2. The van der Waals surface area contributed by atoms with Crippen LogP contribution in [0.4, 0.5) is 20.6 Å². The number of rotatable bonds is 7. The monoisotopic (exact) mass is 419 g/mol. The molecule has 0 saturated heterocycles. The van der Waals surface area contributed by atoms with Crippen LogP contribution in [0.3, 0.4) is 0 Å². The van der Waals surface area contributed by atoms with Gasteiger partial charge < -0.3 is 20.5 Å². The number of benzene rings is 2. The Morgan fingerprint density at radius 2 is 1.93 bits per heavy atom. The lowest BCUT2D eigenvalue weighted by atomic mass is 9.90. The van der Waals surface area contributed by atoms with Crippen LogP contribution in [-0.4, -0.2) is 34.9 Å². The van der Waals surface area contributed by atoms with Crippen LogP contribution in [0.25, 0.3) is 0 Å². The summed E-state index contributed by atoms with van der Waals surface area (Å²) in [6, 6.07) is 10.0. The van der Waals surface area contributed by atoms with E-state index in [1.165, 1.54) is 30.3 Å². The molecule has 8 nitrogen and oxygen atoms in total. The minimum absolute atomic E-state index is 0.154. The van der Waals surface area contributed by atoms with Gasteiger partial charge in [0.05, 0.1) is 11.5 Å². The Bertz CT molecular complexity index is 929. The van der Waals surface area contributed by atoms with E-state index in [9.17, 15) is 24.4 Å². The highest BCUT2D eigenvalue weighted by molar-refractivity contribution is 5.70. The molecule has 9 heteroatoms. The summed E-state index contributed by atoms with van der Waals surface area (Å²) in [6.07, 6.45) is -0.819. The van der Waals surface area contributed by atoms with Crippen LogP contribution >= 0.6 is 0 Å². The molecule has 0 heterocycles. The number of hydrogen-bond acceptors (Lipinski definition) is 6. The second kappa shape index (κ2) is 9.08. The fourth-order valence-corrected chi connectivity index (χ4v) is 2.88. The summed E-state index contributed by atoms with van der Waals surface area (Å²) in [5.74, 6) is -0.558. The first-order valence-corrected chi connectivity index (χ1v) is 9.33. The van der Waals surface area contributed by atoms with E-state index in [2.05, 4.69) is 10.6 Å². The normalized spacial score (nSPS) is 13.3. The van der Waals surface area contributed by atoms with E-state index >= 15 is 0 Å². The SMILES string of the molecule is Cc1ccc(NCC(CO)(NC(=O)OC(C)(C)C)c2cccc(F)c2)c([N+](=O)[O-])c1. The van der Waals surface area contributed by atoms with Gasteiger partial charge in [-0.05, 0) is 57.0 Å². The van der Waals surface area contributed by atoms with Crippen LogP contribution in [0.5, 0.6) is 0 Å². The minimum Gasteiger partial charge on any atom is -0.444 e. The number of aliphatic hydroxyl groups excluding tert-OH is 1. The number of anilines is 1. The van der Waals surface area contributed by atoms with Gasteiger partial charge in [-0.1, -0.05) is 18.2 Å². The molecule has 0 bridgehead atoms. The molecule has 1 unspecified atom stereocenters. The lowest BCUT2D eigenvalue weighted by molar-refractivity contribution is -0.384. The molecule has 0 aliphatic rings. The summed E-state index contributed by atoms with van der Waals surface area (Å²) in [4.78, 5) is 23.3. The van der Waals surface area contributed by atoms with E-state index in [1.807, 2.05) is 0 Å². The van der Waals surface area contributed by atoms with Gasteiger partial charge in [-0.25, -0.2) is 9.18 Å². The molecular formula is C21H26FN3O5. The van der Waals surface area contributed by atoms with Gasteiger partial charge in [0, 0.05) is 12.6 Å². The molecular weight excluding hydrogens is 393 g/mol. The highest BCUT2D eigenvalue weighted by Gasteiger charge is 2.36. The molecule has 2 rings (SSSR count). The summed E-state index contributed by atoms with van der Waals surface area (Å²) in [5, 5.41) is 27.1. The van der Waals surface area contributed by atoms with Crippen LogP contribution in [0.1, 0.15) is 31.9 Å². The number of nitro benzene ring substituents is 1. The highest BCUT2D eigenvalue weighted by Crippen LogP contribution is 2.28. The first-order valence-electron chi connectivity index (χ1n) is 9.33. The maximum Gasteiger partial charge on any atom is 0.408 e. The van der Waals surface area contributed by atoms with Crippen molar-refractivity contribution in [3.63, 3.8) is 0 Å². The fourth-order valence-electron chi connectivity index (χ4n) is 2.88. The number of halogens is 1. The van der Waals surface area contributed by atoms with Crippen molar-refractivity contribution < 1.29 is 24.0 Å². The van der Waals surface area contributed by atoms with Crippen LogP contribution in [0.2, 0.25) is 0 Å². The standard InChI is InChI=1S/C21H26FN3O5/c1-14-8-9-17(18(10-14)25(28)29)23-12-21(13-26,15-6-5-7-16(22)11-15)24-19(27)30-20(2,3)4/h5-11,23,26H,12-13H2,1-4H3,(H,24,27). The highest BCUT2D eigenvalue weighted by atomic mass is 19.1. The van der Waals surface area contributed by atoms with Crippen molar-refractivity contribution in [1.82, 2.24) is 5.32 Å². The van der Waals surface area contributed by atoms with Gasteiger partial charge in [0.1, 0.15) is 22.6 Å². The predicted molar refractivity (Wildman–Crippen MR) is 111 cm³/mol. The van der Waals surface area contributed by atoms with Crippen molar-refractivity contribution in [1.29, 1.82) is 0 Å². The summed E-state index contributed by atoms with van der Waals surface area (Å²) in [7, 11) is 0. The van der Waals surface area contributed by atoms with Crippen molar-refractivity contribution in [3.8, 4) is 0 Å². The number of hydrogen-bond donors (Lipinski definition) is 3. The molecule has 0 spiro atoms. The quantitative estimate of drug-likeness (QED) is 0.464. The number of amides is 1. The van der Waals surface area contributed by atoms with Crippen molar-refractivity contribution >= 4 is 17.5 Å². The van der Waals surface area contributed by atoms with E-state index in [-0.39, 0.29) is 23.5 Å². The topological polar surface area (TPSA) is 114 Å². The van der Waals surface area contributed by atoms with Gasteiger partial charge in [-0.3, -0.25) is 10.1 Å². The number of nitro groups is 1. The zero-order chi connectivity index (χ0) is 22.5. The zero-order valence-electron chi connectivity index (χ0n) is 17.4. The summed E-state index contributed by atoms with van der Waals surface area (Å²) in [6.45, 7) is 6.01. The third-order valence-electron chi connectivity index (χ3n) is 4.32. The molecule has 2 aromatic carbocycles. The maximum absolute atomic E-state index is 13.9. The number of carbonyl (C=O) groups is 1. The first-order chi connectivity index (χ1) is 14.0. The zero-order valence-corrected chi connectivity index (χ0v) is 17.4. The van der Waals surface area contributed by atoms with Crippen molar-refractivity contribution in [3.05, 3.63) is 69.5 Å². The van der Waals surface area contributed by atoms with Gasteiger partial charge in [-0.15, -0.1) is 0 Å². The van der Waals surface area contributed by atoms with Crippen LogP contribution in [0, 0.1) is 22.9 Å². The molecule has 162 valence electrons. The van der Waals surface area contributed by atoms with Crippen molar-refractivity contribution in [2.24, 2.45) is 0 Å². The molecule has 0 aromatic heterocycles. The Hall–Kier alpha value is -3.20. The Balaban J connectivity index is 2.41. The number of aryl methyl sites for hydroxylation is 1. The lowest BCUT2D eigenvalue weighted by Crippen LogP contribution is -2.54. The third kappa shape index (κ3) is 5.90. The number of alkyl carbamates (subject to hydrolysis) is 1. The number of carbonyl (C=O) groups excluding carboxylic acids is 1. The first kappa shape index (κ1) is 23.1. The van der Waals surface area contributed by atoms with Gasteiger partial charge in [0.15, 0.2) is 0 Å². The number of ether oxygens (including phenoxy) is 1. The molecule has 0 aliphatic carbocycles. The van der Waals surface area contributed by atoms with Gasteiger partial charge in [0.2, 0.25) is 0 Å². The van der Waals surface area contributed by atoms with Crippen molar-refractivity contribution in [2.45, 2.75) is 38.8 Å². The molecule has 0 fully saturated rings. The maximum atomic E-state index is 13.9. The molecule has 1 atom stereocenters. The van der Waals surface area contributed by atoms with Crippen molar-refractivity contribution in [2.75, 3.05) is 18.5 Å². The van der Waals surface area contributed by atoms with Gasteiger partial charge in [-0.2, -0.15) is 0 Å². The number of nitrogens with one attached hydrogen (secondary N) is 2. The Kier molecular flexibility index (Phi) is 6.99.